The molecule has 0 radical (unpaired) electrons. The molecule has 0 fully saturated rings. The molecule has 0 bridgehead atoms. The Labute approximate surface area is 125 Å². The molecule has 1 aromatic carbocycles. The van der Waals surface area contributed by atoms with Gasteiger partial charge in [0.2, 0.25) is 0 Å². The highest BCUT2D eigenvalue weighted by atomic mass is 35.5. The highest BCUT2D eigenvalue weighted by Crippen LogP contribution is 2.31. The van der Waals surface area contributed by atoms with Crippen molar-refractivity contribution in [3.05, 3.63) is 59.0 Å². The lowest BCUT2D eigenvalue weighted by Gasteiger charge is -2.15. The average Bonchev–Trinajstić information content (AvgIpc) is 2.86. The number of H-pyrrole nitrogens is 1. The molecule has 1 atom stereocenters. The Morgan fingerprint density at radius 2 is 2.19 bits per heavy atom. The summed E-state index contributed by atoms with van der Waals surface area (Å²) in [4.78, 5) is 15.2. The van der Waals surface area contributed by atoms with Crippen LogP contribution >= 0.6 is 11.6 Å². The molecule has 2 aromatic heterocycles. The normalized spacial score (nSPS) is 12.4. The van der Waals surface area contributed by atoms with Gasteiger partial charge in [0.25, 0.3) is 0 Å². The van der Waals surface area contributed by atoms with E-state index >= 15 is 0 Å². The Balaban J connectivity index is 2.09. The molecule has 2 N–H and O–H groups in total. The van der Waals surface area contributed by atoms with Crippen LogP contribution in [0, 0.1) is 0 Å². The number of hydrogen-bond acceptors (Lipinski definition) is 3. The van der Waals surface area contributed by atoms with Crippen LogP contribution < -0.4 is 0 Å². The number of carboxylic acid groups (broad SMARTS) is 1. The summed E-state index contributed by atoms with van der Waals surface area (Å²) in [5.41, 5.74) is 2.49. The molecule has 0 saturated carbocycles. The molecule has 5 nitrogen and oxygen atoms in total. The van der Waals surface area contributed by atoms with E-state index in [2.05, 4.69) is 15.2 Å². The molecule has 2 heterocycles. The van der Waals surface area contributed by atoms with Crippen LogP contribution in [-0.4, -0.2) is 26.3 Å². The van der Waals surface area contributed by atoms with Gasteiger partial charge in [-0.25, -0.2) is 0 Å². The lowest BCUT2D eigenvalue weighted by molar-refractivity contribution is -0.137. The highest BCUT2D eigenvalue weighted by molar-refractivity contribution is 6.34. The Hall–Kier alpha value is -2.40. The maximum atomic E-state index is 11.2. The zero-order valence-electron chi connectivity index (χ0n) is 11.0. The summed E-state index contributed by atoms with van der Waals surface area (Å²) in [7, 11) is 0. The van der Waals surface area contributed by atoms with Crippen molar-refractivity contribution in [3.8, 4) is 0 Å². The van der Waals surface area contributed by atoms with Crippen LogP contribution in [0.1, 0.15) is 23.5 Å². The van der Waals surface area contributed by atoms with Crippen molar-refractivity contribution in [2.45, 2.75) is 12.3 Å². The largest absolute Gasteiger partial charge is 0.481 e. The number of aromatic nitrogens is 3. The third kappa shape index (κ3) is 2.73. The number of aromatic amines is 1. The molecule has 3 aromatic rings. The van der Waals surface area contributed by atoms with Crippen LogP contribution in [0.25, 0.3) is 10.9 Å². The van der Waals surface area contributed by atoms with Crippen molar-refractivity contribution in [2.75, 3.05) is 0 Å². The first kappa shape index (κ1) is 13.6. The van der Waals surface area contributed by atoms with E-state index in [9.17, 15) is 4.79 Å². The van der Waals surface area contributed by atoms with Crippen LogP contribution in [0.2, 0.25) is 5.15 Å². The molecular formula is C15H12ClN3O2. The molecule has 0 aliphatic heterocycles. The summed E-state index contributed by atoms with van der Waals surface area (Å²) in [6.07, 6.45) is 3.35. The molecule has 21 heavy (non-hydrogen) atoms. The van der Waals surface area contributed by atoms with Crippen molar-refractivity contribution < 1.29 is 9.90 Å². The summed E-state index contributed by atoms with van der Waals surface area (Å²) in [5.74, 6) is -1.13. The smallest absolute Gasteiger partial charge is 0.304 e. The Morgan fingerprint density at radius 3 is 2.90 bits per heavy atom. The van der Waals surface area contributed by atoms with E-state index in [0.717, 1.165) is 22.0 Å². The third-order valence-electron chi connectivity index (χ3n) is 3.40. The van der Waals surface area contributed by atoms with Gasteiger partial charge in [-0.3, -0.25) is 14.9 Å². The van der Waals surface area contributed by atoms with Crippen molar-refractivity contribution in [2.24, 2.45) is 0 Å². The summed E-state index contributed by atoms with van der Waals surface area (Å²) in [6, 6.07) is 9.26. The minimum absolute atomic E-state index is 0.00727. The minimum atomic E-state index is -0.859. The van der Waals surface area contributed by atoms with Crippen LogP contribution in [0.4, 0.5) is 0 Å². The first-order chi connectivity index (χ1) is 10.1. The summed E-state index contributed by atoms with van der Waals surface area (Å²) >= 11 is 6.05. The maximum Gasteiger partial charge on any atom is 0.304 e. The zero-order valence-corrected chi connectivity index (χ0v) is 11.7. The number of fused-ring (bicyclic) bond motifs is 1. The minimum Gasteiger partial charge on any atom is -0.481 e. The van der Waals surface area contributed by atoms with E-state index < -0.39 is 5.97 Å². The van der Waals surface area contributed by atoms with Crippen molar-refractivity contribution in [1.29, 1.82) is 0 Å². The van der Waals surface area contributed by atoms with E-state index in [1.54, 1.807) is 18.5 Å². The standard InChI is InChI=1S/C15H12ClN3O2/c16-15-12-6-9(3-4-13(12)18-19-15)11(7-14(20)21)10-2-1-5-17-8-10/h1-6,8,11H,7H2,(H,18,19)(H,20,21). The second-order valence-electron chi connectivity index (χ2n) is 4.75. The number of benzene rings is 1. The SMILES string of the molecule is O=C(O)CC(c1cccnc1)c1ccc2n[nH]c(Cl)c2c1. The number of hydrogen-bond donors (Lipinski definition) is 2. The first-order valence-electron chi connectivity index (χ1n) is 6.40. The second kappa shape index (κ2) is 5.54. The van der Waals surface area contributed by atoms with Crippen molar-refractivity contribution >= 4 is 28.5 Å². The van der Waals surface area contributed by atoms with E-state index in [4.69, 9.17) is 16.7 Å². The molecule has 6 heteroatoms. The molecule has 1 unspecified atom stereocenters. The molecule has 106 valence electrons. The van der Waals surface area contributed by atoms with E-state index in [1.165, 1.54) is 0 Å². The molecular weight excluding hydrogens is 290 g/mol. The molecule has 0 amide bonds. The molecule has 0 aliphatic rings. The topological polar surface area (TPSA) is 78.9 Å². The number of pyridine rings is 1. The molecule has 3 rings (SSSR count). The van der Waals surface area contributed by atoms with Gasteiger partial charge in [-0.1, -0.05) is 23.7 Å². The quantitative estimate of drug-likeness (QED) is 0.775. The van der Waals surface area contributed by atoms with Crippen LogP contribution in [-0.2, 0) is 4.79 Å². The van der Waals surface area contributed by atoms with Gasteiger partial charge in [-0.2, -0.15) is 5.10 Å². The van der Waals surface area contributed by atoms with Gasteiger partial charge in [0.1, 0.15) is 5.15 Å². The van der Waals surface area contributed by atoms with Gasteiger partial charge in [0.05, 0.1) is 11.9 Å². The Kier molecular flexibility index (Phi) is 3.58. The van der Waals surface area contributed by atoms with E-state index in [-0.39, 0.29) is 12.3 Å². The van der Waals surface area contributed by atoms with Crippen LogP contribution in [0.15, 0.2) is 42.7 Å². The number of rotatable bonds is 4. The maximum absolute atomic E-state index is 11.2. The first-order valence-corrected chi connectivity index (χ1v) is 6.78. The summed E-state index contributed by atoms with van der Waals surface area (Å²) in [6.45, 7) is 0. The number of nitrogens with zero attached hydrogens (tertiary/aromatic N) is 2. The summed E-state index contributed by atoms with van der Waals surface area (Å²) < 4.78 is 0. The van der Waals surface area contributed by atoms with Gasteiger partial charge >= 0.3 is 5.97 Å². The van der Waals surface area contributed by atoms with Crippen LogP contribution in [0.5, 0.6) is 0 Å². The number of carboxylic acids is 1. The third-order valence-corrected chi connectivity index (χ3v) is 3.69. The van der Waals surface area contributed by atoms with Crippen molar-refractivity contribution in [1.82, 2.24) is 15.2 Å². The van der Waals surface area contributed by atoms with Gasteiger partial charge in [-0.15, -0.1) is 0 Å². The second-order valence-corrected chi connectivity index (χ2v) is 5.13. The molecule has 0 aliphatic carbocycles. The van der Waals surface area contributed by atoms with E-state index in [1.807, 2.05) is 24.3 Å². The fourth-order valence-electron chi connectivity index (χ4n) is 2.40. The monoisotopic (exact) mass is 301 g/mol. The predicted octanol–water partition coefficient (Wildman–Crippen LogP) is 3.22. The number of carbonyl (C=O) groups is 1. The average molecular weight is 302 g/mol. The van der Waals surface area contributed by atoms with Gasteiger partial charge in [-0.05, 0) is 29.3 Å². The zero-order chi connectivity index (χ0) is 14.8. The number of halogens is 1. The van der Waals surface area contributed by atoms with Crippen molar-refractivity contribution in [3.63, 3.8) is 0 Å². The molecule has 0 saturated heterocycles. The molecule has 0 spiro atoms. The van der Waals surface area contributed by atoms with Crippen LogP contribution in [0.3, 0.4) is 0 Å². The number of nitrogens with one attached hydrogen (secondary N) is 1. The lowest BCUT2D eigenvalue weighted by Crippen LogP contribution is -2.08. The summed E-state index contributed by atoms with van der Waals surface area (Å²) in [5, 5.41) is 17.2. The Morgan fingerprint density at radius 1 is 1.33 bits per heavy atom. The predicted molar refractivity (Wildman–Crippen MR) is 79.4 cm³/mol. The fourth-order valence-corrected chi connectivity index (χ4v) is 2.59. The van der Waals surface area contributed by atoms with Gasteiger partial charge in [0, 0.05) is 23.7 Å². The Bertz CT molecular complexity index is 786. The fraction of sp³-hybridized carbons (Fsp3) is 0.133. The van der Waals surface area contributed by atoms with Gasteiger partial charge < -0.3 is 5.11 Å². The number of aliphatic carboxylic acids is 1. The highest BCUT2D eigenvalue weighted by Gasteiger charge is 2.19. The van der Waals surface area contributed by atoms with Gasteiger partial charge in [0.15, 0.2) is 0 Å². The van der Waals surface area contributed by atoms with E-state index in [0.29, 0.717) is 5.15 Å². The lowest BCUT2D eigenvalue weighted by atomic mass is 9.89.